The van der Waals surface area contributed by atoms with Crippen molar-refractivity contribution in [3.05, 3.63) is 0 Å². The molecule has 1 saturated carbocycles. The predicted molar refractivity (Wildman–Crippen MR) is 72.1 cm³/mol. The monoisotopic (exact) mass is 239 g/mol. The summed E-state index contributed by atoms with van der Waals surface area (Å²) < 4.78 is 5.45. The van der Waals surface area contributed by atoms with Crippen molar-refractivity contribution in [1.29, 1.82) is 0 Å². The normalized spacial score (nSPS) is 38.8. The second-order valence-corrected chi connectivity index (χ2v) is 6.57. The van der Waals surface area contributed by atoms with Crippen LogP contribution in [0, 0.1) is 23.7 Å². The van der Waals surface area contributed by atoms with Crippen molar-refractivity contribution in [3.63, 3.8) is 0 Å². The number of nitrogens with one attached hydrogen (secondary N) is 1. The Morgan fingerprint density at radius 2 is 2.06 bits per heavy atom. The van der Waals surface area contributed by atoms with E-state index in [0.717, 1.165) is 42.9 Å². The van der Waals surface area contributed by atoms with Gasteiger partial charge in [0, 0.05) is 19.2 Å². The van der Waals surface area contributed by atoms with Gasteiger partial charge in [-0.25, -0.2) is 0 Å². The van der Waals surface area contributed by atoms with Gasteiger partial charge < -0.3 is 10.1 Å². The van der Waals surface area contributed by atoms with Crippen LogP contribution in [0.25, 0.3) is 0 Å². The van der Waals surface area contributed by atoms with Gasteiger partial charge >= 0.3 is 0 Å². The molecule has 2 fully saturated rings. The Kier molecular flexibility index (Phi) is 4.87. The number of hydrogen-bond acceptors (Lipinski definition) is 2. The molecule has 0 aromatic carbocycles. The van der Waals surface area contributed by atoms with Crippen LogP contribution in [0.3, 0.4) is 0 Å². The molecule has 1 N–H and O–H groups in total. The van der Waals surface area contributed by atoms with Crippen molar-refractivity contribution in [2.24, 2.45) is 23.7 Å². The Morgan fingerprint density at radius 1 is 1.24 bits per heavy atom. The average Bonchev–Trinajstić information content (AvgIpc) is 2.78. The molecule has 0 amide bonds. The van der Waals surface area contributed by atoms with Crippen molar-refractivity contribution >= 4 is 0 Å². The van der Waals surface area contributed by atoms with Crippen molar-refractivity contribution < 1.29 is 4.74 Å². The maximum atomic E-state index is 5.45. The third-order valence-corrected chi connectivity index (χ3v) is 4.71. The van der Waals surface area contributed by atoms with Gasteiger partial charge in [-0.1, -0.05) is 27.2 Å². The summed E-state index contributed by atoms with van der Waals surface area (Å²) in [5, 5.41) is 3.85. The molecule has 17 heavy (non-hydrogen) atoms. The molecule has 4 unspecified atom stereocenters. The summed E-state index contributed by atoms with van der Waals surface area (Å²) in [4.78, 5) is 0. The smallest absolute Gasteiger partial charge is 0.0507 e. The summed E-state index contributed by atoms with van der Waals surface area (Å²) in [6.07, 6.45) is 5.46. The molecule has 2 aliphatic rings. The molecule has 0 spiro atoms. The number of hydrogen-bond donors (Lipinski definition) is 1. The van der Waals surface area contributed by atoms with E-state index in [0.29, 0.717) is 0 Å². The molecule has 2 nitrogen and oxygen atoms in total. The first-order chi connectivity index (χ1) is 8.16. The van der Waals surface area contributed by atoms with Crippen molar-refractivity contribution in [2.45, 2.75) is 52.5 Å². The quantitative estimate of drug-likeness (QED) is 0.814. The van der Waals surface area contributed by atoms with E-state index in [4.69, 9.17) is 4.74 Å². The molecule has 1 heterocycles. The standard InChI is InChI=1S/C15H29NO/c1-11(2)14-5-4-12(3)8-15(14)16-9-13-6-7-17-10-13/h11-16H,4-10H2,1-3H3. The first-order valence-corrected chi connectivity index (χ1v) is 7.48. The van der Waals surface area contributed by atoms with Gasteiger partial charge in [-0.05, 0) is 42.9 Å². The van der Waals surface area contributed by atoms with Crippen LogP contribution in [0.5, 0.6) is 0 Å². The Balaban J connectivity index is 1.81. The van der Waals surface area contributed by atoms with Crippen LogP contribution in [0.1, 0.15) is 46.5 Å². The molecule has 0 aromatic rings. The van der Waals surface area contributed by atoms with Crippen LogP contribution in [0.4, 0.5) is 0 Å². The molecule has 0 bridgehead atoms. The molecular weight excluding hydrogens is 210 g/mol. The van der Waals surface area contributed by atoms with Crippen LogP contribution >= 0.6 is 0 Å². The molecule has 2 heteroatoms. The highest BCUT2D eigenvalue weighted by molar-refractivity contribution is 4.86. The van der Waals surface area contributed by atoms with Gasteiger partial charge in [0.15, 0.2) is 0 Å². The van der Waals surface area contributed by atoms with E-state index in [1.54, 1.807) is 0 Å². The molecule has 2 rings (SSSR count). The minimum Gasteiger partial charge on any atom is -0.381 e. The van der Waals surface area contributed by atoms with Crippen LogP contribution in [0.15, 0.2) is 0 Å². The van der Waals surface area contributed by atoms with E-state index in [-0.39, 0.29) is 0 Å². The van der Waals surface area contributed by atoms with Crippen molar-refractivity contribution in [2.75, 3.05) is 19.8 Å². The summed E-state index contributed by atoms with van der Waals surface area (Å²) in [5.74, 6) is 3.37. The van der Waals surface area contributed by atoms with Gasteiger partial charge in [-0.3, -0.25) is 0 Å². The highest BCUT2D eigenvalue weighted by Crippen LogP contribution is 2.33. The van der Waals surface area contributed by atoms with Gasteiger partial charge in [0.25, 0.3) is 0 Å². The summed E-state index contributed by atoms with van der Waals surface area (Å²) in [5.41, 5.74) is 0. The lowest BCUT2D eigenvalue weighted by Gasteiger charge is -2.38. The minimum atomic E-state index is 0.749. The van der Waals surface area contributed by atoms with E-state index >= 15 is 0 Å². The fourth-order valence-electron chi connectivity index (χ4n) is 3.50. The van der Waals surface area contributed by atoms with Crippen LogP contribution in [0.2, 0.25) is 0 Å². The fraction of sp³-hybridized carbons (Fsp3) is 1.00. The number of ether oxygens (including phenoxy) is 1. The summed E-state index contributed by atoms with van der Waals surface area (Å²) in [7, 11) is 0. The van der Waals surface area contributed by atoms with E-state index in [9.17, 15) is 0 Å². The second-order valence-electron chi connectivity index (χ2n) is 6.57. The molecule has 0 radical (unpaired) electrons. The van der Waals surface area contributed by atoms with Gasteiger partial charge in [0.2, 0.25) is 0 Å². The van der Waals surface area contributed by atoms with Crippen molar-refractivity contribution in [3.8, 4) is 0 Å². The van der Waals surface area contributed by atoms with Gasteiger partial charge in [0.05, 0.1) is 6.61 Å². The maximum absolute atomic E-state index is 5.45. The van der Waals surface area contributed by atoms with Gasteiger partial charge in [-0.15, -0.1) is 0 Å². The molecular formula is C15H29NO. The van der Waals surface area contributed by atoms with E-state index in [1.807, 2.05) is 0 Å². The molecule has 4 atom stereocenters. The topological polar surface area (TPSA) is 21.3 Å². The maximum Gasteiger partial charge on any atom is 0.0507 e. The first kappa shape index (κ1) is 13.4. The second kappa shape index (κ2) is 6.19. The molecule has 0 aromatic heterocycles. The van der Waals surface area contributed by atoms with E-state index in [1.165, 1.54) is 32.2 Å². The molecule has 1 aliphatic heterocycles. The average molecular weight is 239 g/mol. The lowest BCUT2D eigenvalue weighted by Crippen LogP contribution is -2.44. The summed E-state index contributed by atoms with van der Waals surface area (Å²) >= 11 is 0. The lowest BCUT2D eigenvalue weighted by atomic mass is 9.74. The van der Waals surface area contributed by atoms with Crippen LogP contribution < -0.4 is 5.32 Å². The fourth-order valence-corrected chi connectivity index (χ4v) is 3.50. The largest absolute Gasteiger partial charge is 0.381 e. The van der Waals surface area contributed by atoms with Crippen LogP contribution in [-0.4, -0.2) is 25.8 Å². The van der Waals surface area contributed by atoms with E-state index in [2.05, 4.69) is 26.1 Å². The molecule has 1 aliphatic carbocycles. The third-order valence-electron chi connectivity index (χ3n) is 4.71. The summed E-state index contributed by atoms with van der Waals surface area (Å²) in [6, 6.07) is 0.749. The first-order valence-electron chi connectivity index (χ1n) is 7.48. The molecule has 1 saturated heterocycles. The zero-order chi connectivity index (χ0) is 12.3. The number of rotatable bonds is 4. The lowest BCUT2D eigenvalue weighted by molar-refractivity contribution is 0.157. The zero-order valence-corrected chi connectivity index (χ0v) is 11.7. The highest BCUT2D eigenvalue weighted by atomic mass is 16.5. The van der Waals surface area contributed by atoms with Gasteiger partial charge in [0.1, 0.15) is 0 Å². The van der Waals surface area contributed by atoms with Gasteiger partial charge in [-0.2, -0.15) is 0 Å². The zero-order valence-electron chi connectivity index (χ0n) is 11.7. The van der Waals surface area contributed by atoms with Crippen molar-refractivity contribution in [1.82, 2.24) is 5.32 Å². The third kappa shape index (κ3) is 3.69. The minimum absolute atomic E-state index is 0.749. The Labute approximate surface area is 107 Å². The Hall–Kier alpha value is -0.0800. The molecule has 100 valence electrons. The summed E-state index contributed by atoms with van der Waals surface area (Å²) in [6.45, 7) is 10.3. The Morgan fingerprint density at radius 3 is 2.71 bits per heavy atom. The van der Waals surface area contributed by atoms with Crippen LogP contribution in [-0.2, 0) is 4.74 Å². The SMILES string of the molecule is CC1CCC(C(C)C)C(NCC2CCOC2)C1. The van der Waals surface area contributed by atoms with E-state index < -0.39 is 0 Å². The highest BCUT2D eigenvalue weighted by Gasteiger charge is 2.30. The predicted octanol–water partition coefficient (Wildman–Crippen LogP) is 3.07. The Bertz CT molecular complexity index is 223.